The molecule has 0 aromatic heterocycles. The monoisotopic (exact) mass is 372 g/mol. The quantitative estimate of drug-likeness (QED) is 0.470. The van der Waals surface area contributed by atoms with Gasteiger partial charge in [0.15, 0.2) is 6.61 Å². The first kappa shape index (κ1) is 19.4. The van der Waals surface area contributed by atoms with Gasteiger partial charge >= 0.3 is 0 Å². The highest BCUT2D eigenvalue weighted by atomic mass is 16.5. The minimum Gasteiger partial charge on any atom is -0.484 e. The van der Waals surface area contributed by atoms with Crippen LogP contribution in [0.2, 0.25) is 0 Å². The summed E-state index contributed by atoms with van der Waals surface area (Å²) in [5.41, 5.74) is 7.80. The summed E-state index contributed by atoms with van der Waals surface area (Å²) in [5.74, 6) is 0.389. The van der Waals surface area contributed by atoms with Crippen molar-refractivity contribution in [3.05, 3.63) is 90.0 Å². The Morgan fingerprint density at radius 2 is 1.64 bits per heavy atom. The van der Waals surface area contributed by atoms with Crippen LogP contribution in [0.3, 0.4) is 0 Å². The molecular weight excluding hydrogens is 348 g/mol. The van der Waals surface area contributed by atoms with Gasteiger partial charge in [0, 0.05) is 0 Å². The molecule has 3 aromatic rings. The fourth-order valence-electron chi connectivity index (χ4n) is 2.85. The van der Waals surface area contributed by atoms with Crippen LogP contribution in [-0.4, -0.2) is 18.2 Å². The van der Waals surface area contributed by atoms with Gasteiger partial charge in [-0.05, 0) is 47.7 Å². The van der Waals surface area contributed by atoms with Crippen molar-refractivity contribution in [3.63, 3.8) is 0 Å². The summed E-state index contributed by atoms with van der Waals surface area (Å²) in [6.45, 7) is 3.92. The molecule has 1 N–H and O–H groups in total. The summed E-state index contributed by atoms with van der Waals surface area (Å²) in [6.07, 6.45) is 0.712. The summed E-state index contributed by atoms with van der Waals surface area (Å²) in [6, 6.07) is 26.0. The summed E-state index contributed by atoms with van der Waals surface area (Å²) in [4.78, 5) is 12.0. The molecule has 0 aliphatic heterocycles. The molecule has 3 rings (SSSR count). The van der Waals surface area contributed by atoms with Gasteiger partial charge in [0.2, 0.25) is 0 Å². The third kappa shape index (κ3) is 5.30. The van der Waals surface area contributed by atoms with Crippen LogP contribution >= 0.6 is 0 Å². The van der Waals surface area contributed by atoms with Crippen LogP contribution in [0.15, 0.2) is 84.0 Å². The number of hydrogen-bond donors (Lipinski definition) is 1. The summed E-state index contributed by atoms with van der Waals surface area (Å²) in [5, 5.41) is 4.28. The molecule has 0 fully saturated rings. The maximum absolute atomic E-state index is 12.0. The van der Waals surface area contributed by atoms with Crippen molar-refractivity contribution >= 4 is 11.6 Å². The normalized spacial score (nSPS) is 11.1. The van der Waals surface area contributed by atoms with E-state index < -0.39 is 0 Å². The van der Waals surface area contributed by atoms with E-state index in [1.807, 2.05) is 68.4 Å². The van der Waals surface area contributed by atoms with Gasteiger partial charge in [-0.2, -0.15) is 5.10 Å². The van der Waals surface area contributed by atoms with Crippen molar-refractivity contribution in [2.75, 3.05) is 6.61 Å². The Bertz CT molecular complexity index is 948. The number of carbonyl (C=O) groups is 1. The zero-order chi connectivity index (χ0) is 19.8. The maximum atomic E-state index is 12.0. The highest BCUT2D eigenvalue weighted by Gasteiger charge is 2.06. The van der Waals surface area contributed by atoms with E-state index in [2.05, 4.69) is 34.8 Å². The minimum absolute atomic E-state index is 0.0725. The second-order valence-corrected chi connectivity index (χ2v) is 6.50. The lowest BCUT2D eigenvalue weighted by Crippen LogP contribution is -2.26. The fraction of sp³-hybridized carbons (Fsp3) is 0.167. The molecule has 28 heavy (non-hydrogen) atoms. The molecule has 1 amide bonds. The van der Waals surface area contributed by atoms with E-state index in [4.69, 9.17) is 4.74 Å². The van der Waals surface area contributed by atoms with Gasteiger partial charge in [-0.25, -0.2) is 5.43 Å². The van der Waals surface area contributed by atoms with Crippen LogP contribution in [-0.2, 0) is 4.79 Å². The zero-order valence-electron chi connectivity index (χ0n) is 16.2. The fourth-order valence-corrected chi connectivity index (χ4v) is 2.85. The van der Waals surface area contributed by atoms with Gasteiger partial charge in [0.1, 0.15) is 5.75 Å². The molecule has 0 heterocycles. The topological polar surface area (TPSA) is 50.7 Å². The standard InChI is InChI=1S/C24H24N2O2/c1-3-23(21-14-12-20(13-15-21)19-9-5-4-6-10-19)25-26-24(27)17-28-22-11-7-8-18(2)16-22/h4-16H,3,17H2,1-2H3,(H,26,27)/b25-23+. The lowest BCUT2D eigenvalue weighted by Gasteiger charge is -2.08. The summed E-state index contributed by atoms with van der Waals surface area (Å²) in [7, 11) is 0. The first-order chi connectivity index (χ1) is 13.7. The van der Waals surface area contributed by atoms with Gasteiger partial charge in [-0.3, -0.25) is 4.79 Å². The van der Waals surface area contributed by atoms with E-state index in [-0.39, 0.29) is 12.5 Å². The minimum atomic E-state index is -0.284. The van der Waals surface area contributed by atoms with E-state index in [1.165, 1.54) is 5.56 Å². The molecule has 0 atom stereocenters. The second kappa shape index (κ2) is 9.51. The number of amides is 1. The first-order valence-corrected chi connectivity index (χ1v) is 9.36. The Balaban J connectivity index is 1.60. The highest BCUT2D eigenvalue weighted by Crippen LogP contribution is 2.20. The first-order valence-electron chi connectivity index (χ1n) is 9.36. The number of ether oxygens (including phenoxy) is 1. The number of carbonyl (C=O) groups excluding carboxylic acids is 1. The molecule has 4 nitrogen and oxygen atoms in total. The average molecular weight is 372 g/mol. The SMILES string of the molecule is CC/C(=N\NC(=O)COc1cccc(C)c1)c1ccc(-c2ccccc2)cc1. The summed E-state index contributed by atoms with van der Waals surface area (Å²) < 4.78 is 5.50. The lowest BCUT2D eigenvalue weighted by atomic mass is 10.0. The molecule has 0 aliphatic carbocycles. The van der Waals surface area contributed by atoms with E-state index in [0.29, 0.717) is 12.2 Å². The number of nitrogens with one attached hydrogen (secondary N) is 1. The molecule has 0 bridgehead atoms. The Labute approximate surface area is 165 Å². The Kier molecular flexibility index (Phi) is 6.58. The highest BCUT2D eigenvalue weighted by molar-refractivity contribution is 6.01. The van der Waals surface area contributed by atoms with E-state index in [1.54, 1.807) is 0 Å². The molecule has 0 radical (unpaired) electrons. The van der Waals surface area contributed by atoms with Crippen LogP contribution in [0.5, 0.6) is 5.75 Å². The van der Waals surface area contributed by atoms with Gasteiger partial charge in [-0.15, -0.1) is 0 Å². The Morgan fingerprint density at radius 3 is 2.32 bits per heavy atom. The van der Waals surface area contributed by atoms with Crippen molar-refractivity contribution < 1.29 is 9.53 Å². The molecule has 4 heteroatoms. The molecule has 0 unspecified atom stereocenters. The van der Waals surface area contributed by atoms with Crippen molar-refractivity contribution in [3.8, 4) is 16.9 Å². The van der Waals surface area contributed by atoms with Crippen LogP contribution < -0.4 is 10.2 Å². The lowest BCUT2D eigenvalue weighted by molar-refractivity contribution is -0.123. The third-order valence-electron chi connectivity index (χ3n) is 4.34. The van der Waals surface area contributed by atoms with Crippen molar-refractivity contribution in [2.45, 2.75) is 20.3 Å². The predicted molar refractivity (Wildman–Crippen MR) is 114 cm³/mol. The summed E-state index contributed by atoms with van der Waals surface area (Å²) >= 11 is 0. The van der Waals surface area contributed by atoms with Crippen LogP contribution in [0.4, 0.5) is 0 Å². The maximum Gasteiger partial charge on any atom is 0.277 e. The third-order valence-corrected chi connectivity index (χ3v) is 4.34. The number of aryl methyl sites for hydroxylation is 1. The molecule has 3 aromatic carbocycles. The molecule has 0 aliphatic rings. The van der Waals surface area contributed by atoms with Crippen molar-refractivity contribution in [2.24, 2.45) is 5.10 Å². The molecule has 0 saturated carbocycles. The largest absolute Gasteiger partial charge is 0.484 e. The Morgan fingerprint density at radius 1 is 0.929 bits per heavy atom. The zero-order valence-corrected chi connectivity index (χ0v) is 16.2. The van der Waals surface area contributed by atoms with E-state index in [9.17, 15) is 4.79 Å². The smallest absolute Gasteiger partial charge is 0.277 e. The van der Waals surface area contributed by atoms with Gasteiger partial charge in [0.05, 0.1) is 5.71 Å². The van der Waals surface area contributed by atoms with Gasteiger partial charge in [-0.1, -0.05) is 73.7 Å². The van der Waals surface area contributed by atoms with Gasteiger partial charge < -0.3 is 4.74 Å². The Hall–Kier alpha value is -3.40. The molecule has 142 valence electrons. The number of hydrogen-bond acceptors (Lipinski definition) is 3. The van der Waals surface area contributed by atoms with Crippen LogP contribution in [0.25, 0.3) is 11.1 Å². The van der Waals surface area contributed by atoms with Crippen molar-refractivity contribution in [1.82, 2.24) is 5.43 Å². The predicted octanol–water partition coefficient (Wildman–Crippen LogP) is 4.97. The molecule has 0 spiro atoms. The molecular formula is C24H24N2O2. The second-order valence-electron chi connectivity index (χ2n) is 6.50. The van der Waals surface area contributed by atoms with Gasteiger partial charge in [0.25, 0.3) is 5.91 Å². The van der Waals surface area contributed by atoms with E-state index >= 15 is 0 Å². The number of benzene rings is 3. The molecule has 0 saturated heterocycles. The van der Waals surface area contributed by atoms with Crippen LogP contribution in [0.1, 0.15) is 24.5 Å². The van der Waals surface area contributed by atoms with Crippen molar-refractivity contribution in [1.29, 1.82) is 0 Å². The van der Waals surface area contributed by atoms with Crippen LogP contribution in [0, 0.1) is 6.92 Å². The number of nitrogens with zero attached hydrogens (tertiary/aromatic N) is 1. The number of rotatable bonds is 7. The number of hydrazone groups is 1. The average Bonchev–Trinajstić information content (AvgIpc) is 2.74. The van der Waals surface area contributed by atoms with E-state index in [0.717, 1.165) is 22.4 Å².